The van der Waals surface area contributed by atoms with Gasteiger partial charge in [-0.1, -0.05) is 67.8 Å². The standard InChI is InChI=1S/C26H29N3O2/c1-3-4-7-13-28-16-23(30)29-22(26(28)31)15-20-19-11-5-6-12-21(19)27-24(20)25(29)18-10-8-9-17(2)14-18/h5-6,8-12,14,22,25,27H,3-4,7,13,15-16H2,1-2H3/t22-,25?/m0/s1. The quantitative estimate of drug-likeness (QED) is 0.630. The van der Waals surface area contributed by atoms with Crippen molar-refractivity contribution in [3.8, 4) is 0 Å². The van der Waals surface area contributed by atoms with Crippen LogP contribution in [0.25, 0.3) is 10.9 Å². The summed E-state index contributed by atoms with van der Waals surface area (Å²) in [5.41, 5.74) is 5.47. The van der Waals surface area contributed by atoms with Crippen molar-refractivity contribution in [2.24, 2.45) is 0 Å². The van der Waals surface area contributed by atoms with E-state index in [0.717, 1.165) is 47.0 Å². The Labute approximate surface area is 183 Å². The Kier molecular flexibility index (Phi) is 5.05. The van der Waals surface area contributed by atoms with E-state index in [9.17, 15) is 9.59 Å². The molecule has 2 atom stereocenters. The minimum Gasteiger partial charge on any atom is -0.356 e. The predicted molar refractivity (Wildman–Crippen MR) is 122 cm³/mol. The van der Waals surface area contributed by atoms with E-state index in [2.05, 4.69) is 49.2 Å². The molecule has 2 aliphatic heterocycles. The SMILES string of the molecule is CCCCCN1CC(=O)N2C(c3cccc(C)c3)c3[nH]c4ccccc4c3C[C@H]2C1=O. The zero-order valence-electron chi connectivity index (χ0n) is 18.2. The van der Waals surface area contributed by atoms with Crippen molar-refractivity contribution in [3.05, 3.63) is 70.9 Å². The number of benzene rings is 2. The van der Waals surface area contributed by atoms with Gasteiger partial charge in [0, 0.05) is 29.6 Å². The second kappa shape index (κ2) is 7.88. The van der Waals surface area contributed by atoms with Crippen molar-refractivity contribution < 1.29 is 9.59 Å². The Bertz CT molecular complexity index is 1150. The van der Waals surface area contributed by atoms with E-state index in [1.165, 1.54) is 5.56 Å². The maximum Gasteiger partial charge on any atom is 0.246 e. The van der Waals surface area contributed by atoms with Crippen molar-refractivity contribution in [1.29, 1.82) is 0 Å². The van der Waals surface area contributed by atoms with E-state index in [0.29, 0.717) is 13.0 Å². The van der Waals surface area contributed by atoms with Crippen LogP contribution in [0.3, 0.4) is 0 Å². The molecule has 1 N–H and O–H groups in total. The minimum absolute atomic E-state index is 0.0388. The molecule has 3 heterocycles. The summed E-state index contributed by atoms with van der Waals surface area (Å²) in [6.07, 6.45) is 3.68. The predicted octanol–water partition coefficient (Wildman–Crippen LogP) is 4.35. The van der Waals surface area contributed by atoms with E-state index < -0.39 is 6.04 Å². The third-order valence-electron chi connectivity index (χ3n) is 6.73. The molecule has 1 fully saturated rings. The van der Waals surface area contributed by atoms with E-state index in [4.69, 9.17) is 0 Å². The molecule has 0 spiro atoms. The van der Waals surface area contributed by atoms with Crippen LogP contribution in [0.5, 0.6) is 0 Å². The summed E-state index contributed by atoms with van der Waals surface area (Å²) >= 11 is 0. The third kappa shape index (κ3) is 3.32. The van der Waals surface area contributed by atoms with Crippen molar-refractivity contribution in [3.63, 3.8) is 0 Å². The fourth-order valence-electron chi connectivity index (χ4n) is 5.25. The molecule has 1 aromatic heterocycles. The topological polar surface area (TPSA) is 56.4 Å². The molecule has 5 nitrogen and oxygen atoms in total. The summed E-state index contributed by atoms with van der Waals surface area (Å²) in [4.78, 5) is 34.2. The fraction of sp³-hybridized carbons (Fsp3) is 0.385. The van der Waals surface area contributed by atoms with Crippen LogP contribution >= 0.6 is 0 Å². The highest BCUT2D eigenvalue weighted by atomic mass is 16.2. The number of hydrogen-bond acceptors (Lipinski definition) is 2. The molecule has 1 unspecified atom stereocenters. The highest BCUT2D eigenvalue weighted by Crippen LogP contribution is 2.42. The molecule has 31 heavy (non-hydrogen) atoms. The van der Waals surface area contributed by atoms with E-state index in [1.54, 1.807) is 4.90 Å². The fourth-order valence-corrected chi connectivity index (χ4v) is 5.25. The summed E-state index contributed by atoms with van der Waals surface area (Å²) in [6.45, 7) is 5.06. The maximum absolute atomic E-state index is 13.5. The number of fused-ring (bicyclic) bond motifs is 4. The molecule has 160 valence electrons. The van der Waals surface area contributed by atoms with Crippen molar-refractivity contribution >= 4 is 22.7 Å². The third-order valence-corrected chi connectivity index (χ3v) is 6.73. The maximum atomic E-state index is 13.5. The van der Waals surface area contributed by atoms with Gasteiger partial charge in [-0.25, -0.2) is 0 Å². The van der Waals surface area contributed by atoms with Crippen molar-refractivity contribution in [2.45, 2.75) is 51.6 Å². The Hall–Kier alpha value is -3.08. The number of rotatable bonds is 5. The first-order valence-corrected chi connectivity index (χ1v) is 11.3. The van der Waals surface area contributed by atoms with Gasteiger partial charge in [0.05, 0.1) is 12.6 Å². The van der Waals surface area contributed by atoms with Crippen LogP contribution in [-0.2, 0) is 16.0 Å². The van der Waals surface area contributed by atoms with E-state index in [-0.39, 0.29) is 24.4 Å². The number of aromatic amines is 1. The lowest BCUT2D eigenvalue weighted by molar-refractivity contribution is -0.158. The number of aryl methyl sites for hydroxylation is 1. The zero-order chi connectivity index (χ0) is 21.5. The summed E-state index contributed by atoms with van der Waals surface area (Å²) in [5.74, 6) is 0.126. The number of aromatic nitrogens is 1. The molecule has 0 bridgehead atoms. The molecular weight excluding hydrogens is 386 g/mol. The van der Waals surface area contributed by atoms with Crippen LogP contribution in [-0.4, -0.2) is 45.7 Å². The van der Waals surface area contributed by atoms with E-state index in [1.807, 2.05) is 23.1 Å². The molecule has 1 saturated heterocycles. The second-order valence-electron chi connectivity index (χ2n) is 8.87. The summed E-state index contributed by atoms with van der Waals surface area (Å²) in [6, 6.07) is 15.8. The number of amides is 2. The van der Waals surface area contributed by atoms with Gasteiger partial charge in [0.1, 0.15) is 6.04 Å². The summed E-state index contributed by atoms with van der Waals surface area (Å²) in [7, 11) is 0. The first-order chi connectivity index (χ1) is 15.1. The number of carbonyl (C=O) groups excluding carboxylic acids is 2. The number of unbranched alkanes of at least 4 members (excludes halogenated alkanes) is 2. The monoisotopic (exact) mass is 415 g/mol. The van der Waals surface area contributed by atoms with Gasteiger partial charge in [-0.15, -0.1) is 0 Å². The van der Waals surface area contributed by atoms with Crippen LogP contribution in [0.15, 0.2) is 48.5 Å². The first kappa shape index (κ1) is 19.9. The summed E-state index contributed by atoms with van der Waals surface area (Å²) in [5, 5.41) is 1.15. The average Bonchev–Trinajstić information content (AvgIpc) is 3.14. The van der Waals surface area contributed by atoms with Crippen molar-refractivity contribution in [1.82, 2.24) is 14.8 Å². The molecule has 2 aliphatic rings. The molecule has 5 heteroatoms. The number of piperazine rings is 1. The molecular formula is C26H29N3O2. The smallest absolute Gasteiger partial charge is 0.246 e. The Morgan fingerprint density at radius 1 is 1.06 bits per heavy atom. The number of carbonyl (C=O) groups is 2. The number of nitrogens with zero attached hydrogens (tertiary/aromatic N) is 2. The average molecular weight is 416 g/mol. The highest BCUT2D eigenvalue weighted by molar-refractivity contribution is 5.97. The molecule has 3 aromatic rings. The molecule has 5 rings (SSSR count). The van der Waals surface area contributed by atoms with Gasteiger partial charge >= 0.3 is 0 Å². The van der Waals surface area contributed by atoms with Crippen molar-refractivity contribution in [2.75, 3.05) is 13.1 Å². The van der Waals surface area contributed by atoms with Crippen LogP contribution in [0.2, 0.25) is 0 Å². The van der Waals surface area contributed by atoms with Gasteiger partial charge in [0.25, 0.3) is 0 Å². The Morgan fingerprint density at radius 2 is 1.90 bits per heavy atom. The lowest BCUT2D eigenvalue weighted by Gasteiger charge is -2.47. The molecule has 0 saturated carbocycles. The lowest BCUT2D eigenvalue weighted by Crippen LogP contribution is -2.63. The van der Waals surface area contributed by atoms with Gasteiger partial charge < -0.3 is 14.8 Å². The minimum atomic E-state index is -0.444. The molecule has 2 amide bonds. The Morgan fingerprint density at radius 3 is 2.71 bits per heavy atom. The van der Waals surface area contributed by atoms with Crippen LogP contribution in [0.1, 0.15) is 54.6 Å². The Balaban J connectivity index is 1.62. The molecule has 2 aromatic carbocycles. The largest absolute Gasteiger partial charge is 0.356 e. The first-order valence-electron chi connectivity index (χ1n) is 11.3. The molecule has 0 radical (unpaired) electrons. The van der Waals surface area contributed by atoms with Gasteiger partial charge in [0.2, 0.25) is 11.8 Å². The summed E-state index contributed by atoms with van der Waals surface area (Å²) < 4.78 is 0. The number of hydrogen-bond donors (Lipinski definition) is 1. The van der Waals surface area contributed by atoms with E-state index >= 15 is 0 Å². The highest BCUT2D eigenvalue weighted by Gasteiger charge is 2.48. The number of nitrogens with one attached hydrogen (secondary N) is 1. The number of H-pyrrole nitrogens is 1. The van der Waals surface area contributed by atoms with Gasteiger partial charge in [-0.2, -0.15) is 0 Å². The lowest BCUT2D eigenvalue weighted by atomic mass is 9.86. The zero-order valence-corrected chi connectivity index (χ0v) is 18.2. The second-order valence-corrected chi connectivity index (χ2v) is 8.87. The van der Waals surface area contributed by atoms with Gasteiger partial charge in [0.15, 0.2) is 0 Å². The van der Waals surface area contributed by atoms with Gasteiger partial charge in [-0.3, -0.25) is 9.59 Å². The number of para-hydroxylation sites is 1. The van der Waals surface area contributed by atoms with Crippen LogP contribution in [0, 0.1) is 6.92 Å². The molecule has 0 aliphatic carbocycles. The van der Waals surface area contributed by atoms with Crippen LogP contribution in [0.4, 0.5) is 0 Å². The van der Waals surface area contributed by atoms with Crippen LogP contribution < -0.4 is 0 Å². The normalized spacial score (nSPS) is 20.8. The van der Waals surface area contributed by atoms with Gasteiger partial charge in [-0.05, 0) is 30.5 Å².